The third-order valence-corrected chi connectivity index (χ3v) is 5.92. The quantitative estimate of drug-likeness (QED) is 0.597. The molecule has 154 valence electrons. The van der Waals surface area contributed by atoms with E-state index in [2.05, 4.69) is 37.3 Å². The molecule has 2 aromatic carbocycles. The summed E-state index contributed by atoms with van der Waals surface area (Å²) in [4.78, 5) is 0. The number of rotatable bonds is 7. The van der Waals surface area contributed by atoms with Crippen LogP contribution < -0.4 is 9.47 Å². The molecule has 0 radical (unpaired) electrons. The molecule has 1 aliphatic heterocycles. The second-order valence-corrected chi connectivity index (χ2v) is 7.96. The van der Waals surface area contributed by atoms with Gasteiger partial charge in [-0.2, -0.15) is 0 Å². The van der Waals surface area contributed by atoms with Crippen molar-refractivity contribution < 1.29 is 18.9 Å². The minimum atomic E-state index is -0.345. The number of methoxy groups -OCH3 is 1. The van der Waals surface area contributed by atoms with Crippen molar-refractivity contribution in [3.05, 3.63) is 71.3 Å². The standard InChI is InChI=1S/C25H30O4/c1-19(22-10-12-25(13-11-22)28-14-15-29-25)16-21-8-9-23(26-2)24(17-21)27-18-20-6-4-3-5-7-20/h3-10,17,19H,11-16,18H2,1-2H3. The van der Waals surface area contributed by atoms with Gasteiger partial charge < -0.3 is 18.9 Å². The third kappa shape index (κ3) is 4.82. The van der Waals surface area contributed by atoms with Gasteiger partial charge in [0.2, 0.25) is 0 Å². The van der Waals surface area contributed by atoms with Gasteiger partial charge in [-0.15, -0.1) is 0 Å². The molecule has 1 saturated heterocycles. The van der Waals surface area contributed by atoms with Crippen LogP contribution in [0.25, 0.3) is 0 Å². The number of ether oxygens (including phenoxy) is 4. The Morgan fingerprint density at radius 1 is 1.00 bits per heavy atom. The maximum Gasteiger partial charge on any atom is 0.172 e. The second kappa shape index (κ2) is 9.02. The average Bonchev–Trinajstić information content (AvgIpc) is 3.21. The summed E-state index contributed by atoms with van der Waals surface area (Å²) in [6, 6.07) is 16.5. The van der Waals surface area contributed by atoms with Gasteiger partial charge in [-0.1, -0.05) is 55.0 Å². The van der Waals surface area contributed by atoms with Crippen LogP contribution in [0.4, 0.5) is 0 Å². The molecule has 0 amide bonds. The molecule has 2 aliphatic rings. The van der Waals surface area contributed by atoms with Crippen LogP contribution in [0.3, 0.4) is 0 Å². The van der Waals surface area contributed by atoms with Gasteiger partial charge in [0.25, 0.3) is 0 Å². The Kier molecular flexibility index (Phi) is 6.22. The van der Waals surface area contributed by atoms with Crippen molar-refractivity contribution in [2.24, 2.45) is 5.92 Å². The summed E-state index contributed by atoms with van der Waals surface area (Å²) in [5.74, 6) is 1.70. The monoisotopic (exact) mass is 394 g/mol. The Bertz CT molecular complexity index is 837. The molecular formula is C25H30O4. The number of benzene rings is 2. The molecule has 2 aromatic rings. The number of allylic oxidation sites excluding steroid dienone is 1. The van der Waals surface area contributed by atoms with Crippen molar-refractivity contribution in [2.45, 2.75) is 45.0 Å². The molecule has 4 nitrogen and oxygen atoms in total. The van der Waals surface area contributed by atoms with E-state index in [4.69, 9.17) is 18.9 Å². The molecule has 0 aromatic heterocycles. The molecule has 1 spiro atoms. The van der Waals surface area contributed by atoms with Gasteiger partial charge >= 0.3 is 0 Å². The normalized spacial score (nSPS) is 19.0. The Labute approximate surface area is 173 Å². The molecule has 29 heavy (non-hydrogen) atoms. The van der Waals surface area contributed by atoms with Gasteiger partial charge in [0, 0.05) is 12.8 Å². The van der Waals surface area contributed by atoms with Gasteiger partial charge in [-0.05, 0) is 42.0 Å². The highest BCUT2D eigenvalue weighted by molar-refractivity contribution is 5.43. The van der Waals surface area contributed by atoms with E-state index in [0.29, 0.717) is 12.5 Å². The van der Waals surface area contributed by atoms with E-state index >= 15 is 0 Å². The highest BCUT2D eigenvalue weighted by atomic mass is 16.7. The Morgan fingerprint density at radius 3 is 2.48 bits per heavy atom. The van der Waals surface area contributed by atoms with Gasteiger partial charge in [0.05, 0.1) is 20.3 Å². The summed E-state index contributed by atoms with van der Waals surface area (Å²) < 4.78 is 23.2. The van der Waals surface area contributed by atoms with Crippen LogP contribution in [0, 0.1) is 5.92 Å². The van der Waals surface area contributed by atoms with Gasteiger partial charge in [0.1, 0.15) is 6.61 Å². The van der Waals surface area contributed by atoms with E-state index in [1.165, 1.54) is 11.1 Å². The molecule has 1 unspecified atom stereocenters. The summed E-state index contributed by atoms with van der Waals surface area (Å²) in [5, 5.41) is 0. The largest absolute Gasteiger partial charge is 0.493 e. The van der Waals surface area contributed by atoms with Crippen LogP contribution in [-0.4, -0.2) is 26.1 Å². The zero-order valence-electron chi connectivity index (χ0n) is 17.4. The van der Waals surface area contributed by atoms with Crippen molar-refractivity contribution in [3.63, 3.8) is 0 Å². The second-order valence-electron chi connectivity index (χ2n) is 7.96. The van der Waals surface area contributed by atoms with Crippen LogP contribution in [0.15, 0.2) is 60.2 Å². The lowest BCUT2D eigenvalue weighted by atomic mass is 9.84. The minimum Gasteiger partial charge on any atom is -0.493 e. The first-order valence-corrected chi connectivity index (χ1v) is 10.5. The van der Waals surface area contributed by atoms with Crippen molar-refractivity contribution >= 4 is 0 Å². The lowest BCUT2D eigenvalue weighted by Crippen LogP contribution is -2.32. The maximum absolute atomic E-state index is 6.07. The zero-order valence-corrected chi connectivity index (χ0v) is 17.4. The maximum atomic E-state index is 6.07. The first kappa shape index (κ1) is 20.0. The van der Waals surface area contributed by atoms with E-state index < -0.39 is 0 Å². The average molecular weight is 395 g/mol. The topological polar surface area (TPSA) is 36.9 Å². The molecule has 1 aliphatic carbocycles. The zero-order chi connectivity index (χ0) is 20.1. The third-order valence-electron chi connectivity index (χ3n) is 5.92. The van der Waals surface area contributed by atoms with E-state index in [0.717, 1.165) is 56.0 Å². The van der Waals surface area contributed by atoms with Gasteiger partial charge in [0.15, 0.2) is 17.3 Å². The van der Waals surface area contributed by atoms with Crippen LogP contribution in [0.5, 0.6) is 11.5 Å². The van der Waals surface area contributed by atoms with E-state index in [9.17, 15) is 0 Å². The number of hydrogen-bond donors (Lipinski definition) is 0. The Hall–Kier alpha value is -2.30. The molecule has 0 N–H and O–H groups in total. The number of hydrogen-bond acceptors (Lipinski definition) is 4. The van der Waals surface area contributed by atoms with Crippen molar-refractivity contribution in [1.82, 2.24) is 0 Å². The molecule has 1 heterocycles. The summed E-state index contributed by atoms with van der Waals surface area (Å²) >= 11 is 0. The molecule has 1 atom stereocenters. The molecule has 0 saturated carbocycles. The molecule has 4 heteroatoms. The fraction of sp³-hybridized carbons (Fsp3) is 0.440. The predicted molar refractivity (Wildman–Crippen MR) is 113 cm³/mol. The first-order chi connectivity index (χ1) is 14.2. The van der Waals surface area contributed by atoms with E-state index in [-0.39, 0.29) is 5.79 Å². The van der Waals surface area contributed by atoms with Crippen LogP contribution in [-0.2, 0) is 22.5 Å². The predicted octanol–water partition coefficient (Wildman–Crippen LogP) is 5.31. The fourth-order valence-electron chi connectivity index (χ4n) is 4.21. The molecule has 0 bridgehead atoms. The van der Waals surface area contributed by atoms with Crippen LogP contribution in [0.1, 0.15) is 37.3 Å². The summed E-state index contributed by atoms with van der Waals surface area (Å²) in [6.45, 7) is 4.27. The van der Waals surface area contributed by atoms with Crippen molar-refractivity contribution in [1.29, 1.82) is 0 Å². The Morgan fingerprint density at radius 2 is 1.79 bits per heavy atom. The lowest BCUT2D eigenvalue weighted by molar-refractivity contribution is -0.161. The first-order valence-electron chi connectivity index (χ1n) is 10.5. The molecule has 4 rings (SSSR count). The highest BCUT2D eigenvalue weighted by Crippen LogP contribution is 2.38. The van der Waals surface area contributed by atoms with Gasteiger partial charge in [-0.3, -0.25) is 0 Å². The van der Waals surface area contributed by atoms with E-state index in [1.54, 1.807) is 7.11 Å². The van der Waals surface area contributed by atoms with Gasteiger partial charge in [-0.25, -0.2) is 0 Å². The molecular weight excluding hydrogens is 364 g/mol. The van der Waals surface area contributed by atoms with Crippen LogP contribution in [0.2, 0.25) is 0 Å². The fourth-order valence-corrected chi connectivity index (χ4v) is 4.21. The van der Waals surface area contributed by atoms with Crippen molar-refractivity contribution in [2.75, 3.05) is 20.3 Å². The summed E-state index contributed by atoms with van der Waals surface area (Å²) in [6.07, 6.45) is 6.16. The molecule has 1 fully saturated rings. The Balaban J connectivity index is 1.41. The van der Waals surface area contributed by atoms with Crippen LogP contribution >= 0.6 is 0 Å². The summed E-state index contributed by atoms with van der Waals surface area (Å²) in [5.41, 5.74) is 3.90. The SMILES string of the molecule is COc1ccc(CC(C)C2=CCC3(CC2)OCCO3)cc1OCc1ccccc1. The lowest BCUT2D eigenvalue weighted by Gasteiger charge is -2.32. The highest BCUT2D eigenvalue weighted by Gasteiger charge is 2.38. The smallest absolute Gasteiger partial charge is 0.172 e. The van der Waals surface area contributed by atoms with Crippen molar-refractivity contribution in [3.8, 4) is 11.5 Å². The van der Waals surface area contributed by atoms with E-state index in [1.807, 2.05) is 24.3 Å². The summed E-state index contributed by atoms with van der Waals surface area (Å²) in [7, 11) is 1.68. The minimum absolute atomic E-state index is 0.345.